The molecule has 0 bridgehead atoms. The van der Waals surface area contributed by atoms with Crippen LogP contribution in [-0.2, 0) is 6.54 Å². The monoisotopic (exact) mass is 340 g/mol. The number of rotatable bonds is 6. The molecule has 2 aromatic heterocycles. The van der Waals surface area contributed by atoms with Crippen molar-refractivity contribution in [1.82, 2.24) is 19.9 Å². The van der Waals surface area contributed by atoms with Crippen molar-refractivity contribution in [2.24, 2.45) is 0 Å². The highest BCUT2D eigenvalue weighted by atomic mass is 32.2. The summed E-state index contributed by atoms with van der Waals surface area (Å²) in [7, 11) is 0. The summed E-state index contributed by atoms with van der Waals surface area (Å²) in [6, 6.07) is 7.58. The molecule has 1 aliphatic rings. The maximum absolute atomic E-state index is 13.0. The number of carbonyl (C=O) groups excluding carboxylic acids is 1. The molecule has 0 unspecified atom stereocenters. The van der Waals surface area contributed by atoms with E-state index in [0.717, 1.165) is 24.2 Å². The second-order valence-electron chi connectivity index (χ2n) is 5.79. The van der Waals surface area contributed by atoms with Crippen LogP contribution in [0.3, 0.4) is 0 Å². The van der Waals surface area contributed by atoms with Crippen LogP contribution in [-0.4, -0.2) is 32.0 Å². The lowest BCUT2D eigenvalue weighted by atomic mass is 9.98. The van der Waals surface area contributed by atoms with Crippen molar-refractivity contribution in [2.45, 2.75) is 30.5 Å². The van der Waals surface area contributed by atoms with E-state index in [0.29, 0.717) is 28.7 Å². The van der Waals surface area contributed by atoms with Gasteiger partial charge < -0.3 is 4.52 Å². The lowest BCUT2D eigenvalue weighted by Gasteiger charge is -2.08. The summed E-state index contributed by atoms with van der Waals surface area (Å²) in [5.41, 5.74) is 2.14. The van der Waals surface area contributed by atoms with Gasteiger partial charge in [-0.05, 0) is 24.7 Å². The second kappa shape index (κ2) is 6.24. The van der Waals surface area contributed by atoms with Gasteiger partial charge in [-0.2, -0.15) is 0 Å². The van der Waals surface area contributed by atoms with Crippen molar-refractivity contribution in [3.05, 3.63) is 59.2 Å². The predicted octanol–water partition coefficient (Wildman–Crippen LogP) is 3.14. The van der Waals surface area contributed by atoms with Gasteiger partial charge in [0, 0.05) is 11.5 Å². The van der Waals surface area contributed by atoms with Crippen molar-refractivity contribution in [3.8, 4) is 0 Å². The molecule has 122 valence electrons. The molecule has 7 heteroatoms. The molecule has 4 rings (SSSR count). The Bertz CT molecular complexity index is 882. The third kappa shape index (κ3) is 2.87. The summed E-state index contributed by atoms with van der Waals surface area (Å²) < 4.78 is 7.05. The van der Waals surface area contributed by atoms with Gasteiger partial charge in [0.25, 0.3) is 0 Å². The lowest BCUT2D eigenvalue weighted by Crippen LogP contribution is -2.10. The smallest absolute Gasteiger partial charge is 0.208 e. The van der Waals surface area contributed by atoms with Crippen LogP contribution in [0, 0.1) is 0 Å². The molecule has 1 aromatic carbocycles. The van der Waals surface area contributed by atoms with Crippen molar-refractivity contribution >= 4 is 17.5 Å². The Hall–Kier alpha value is -2.41. The molecule has 0 N–H and O–H groups in total. The van der Waals surface area contributed by atoms with E-state index in [-0.39, 0.29) is 5.78 Å². The molecule has 0 saturated heterocycles. The standard InChI is InChI=1S/C17H16N4O2S/c1-24-17-18-10-21(20-17)9-12-4-2-3-5-13(12)15(22)14-8-19-23-16(14)11-6-7-11/h2-5,8,10-11H,6-7,9H2,1H3. The zero-order valence-corrected chi connectivity index (χ0v) is 14.0. The molecule has 24 heavy (non-hydrogen) atoms. The van der Waals surface area contributed by atoms with Gasteiger partial charge in [-0.25, -0.2) is 9.67 Å². The largest absolute Gasteiger partial charge is 0.360 e. The second-order valence-corrected chi connectivity index (χ2v) is 6.57. The van der Waals surface area contributed by atoms with E-state index in [4.69, 9.17) is 4.52 Å². The Morgan fingerprint density at radius 1 is 1.33 bits per heavy atom. The van der Waals surface area contributed by atoms with Gasteiger partial charge >= 0.3 is 0 Å². The summed E-state index contributed by atoms with van der Waals surface area (Å²) in [6.07, 6.45) is 7.28. The van der Waals surface area contributed by atoms with Crippen LogP contribution < -0.4 is 0 Å². The molecular weight excluding hydrogens is 324 g/mol. The van der Waals surface area contributed by atoms with Crippen LogP contribution >= 0.6 is 11.8 Å². The molecule has 0 radical (unpaired) electrons. The number of thioether (sulfide) groups is 1. The van der Waals surface area contributed by atoms with Gasteiger partial charge in [-0.1, -0.05) is 41.2 Å². The number of nitrogens with zero attached hydrogens (tertiary/aromatic N) is 4. The topological polar surface area (TPSA) is 73.8 Å². The number of hydrogen-bond donors (Lipinski definition) is 0. The number of aromatic nitrogens is 4. The van der Waals surface area contributed by atoms with E-state index in [1.165, 1.54) is 18.0 Å². The number of ketones is 1. The molecule has 0 atom stereocenters. The van der Waals surface area contributed by atoms with Gasteiger partial charge in [-0.15, -0.1) is 5.10 Å². The average molecular weight is 340 g/mol. The van der Waals surface area contributed by atoms with E-state index in [9.17, 15) is 4.79 Å². The molecular formula is C17H16N4O2S. The quantitative estimate of drug-likeness (QED) is 0.507. The first-order valence-corrected chi connectivity index (χ1v) is 8.99. The molecule has 2 heterocycles. The number of carbonyl (C=O) groups is 1. The average Bonchev–Trinajstić information content (AvgIpc) is 3.16. The predicted molar refractivity (Wildman–Crippen MR) is 89.3 cm³/mol. The first-order valence-electron chi connectivity index (χ1n) is 7.77. The number of benzene rings is 1. The fraction of sp³-hybridized carbons (Fsp3) is 0.294. The summed E-state index contributed by atoms with van der Waals surface area (Å²) in [4.78, 5) is 17.2. The Kier molecular flexibility index (Phi) is 3.93. The maximum Gasteiger partial charge on any atom is 0.208 e. The van der Waals surface area contributed by atoms with Crippen molar-refractivity contribution in [2.75, 3.05) is 6.26 Å². The van der Waals surface area contributed by atoms with Crippen LogP contribution in [0.1, 0.15) is 46.0 Å². The molecule has 3 aromatic rings. The summed E-state index contributed by atoms with van der Waals surface area (Å²) in [5.74, 6) is 1.03. The third-order valence-electron chi connectivity index (χ3n) is 4.08. The van der Waals surface area contributed by atoms with Gasteiger partial charge in [0.2, 0.25) is 5.16 Å². The van der Waals surface area contributed by atoms with Crippen molar-refractivity contribution < 1.29 is 9.32 Å². The minimum atomic E-state index is -0.0426. The minimum Gasteiger partial charge on any atom is -0.360 e. The Balaban J connectivity index is 1.65. The van der Waals surface area contributed by atoms with E-state index < -0.39 is 0 Å². The van der Waals surface area contributed by atoms with Crippen LogP contribution in [0.25, 0.3) is 0 Å². The Morgan fingerprint density at radius 2 is 2.17 bits per heavy atom. The van der Waals surface area contributed by atoms with Crippen molar-refractivity contribution in [3.63, 3.8) is 0 Å². The lowest BCUT2D eigenvalue weighted by molar-refractivity contribution is 0.103. The zero-order chi connectivity index (χ0) is 16.5. The molecule has 0 amide bonds. The van der Waals surface area contributed by atoms with E-state index in [1.807, 2.05) is 30.5 Å². The minimum absolute atomic E-state index is 0.0426. The molecule has 1 saturated carbocycles. The number of hydrogen-bond acceptors (Lipinski definition) is 6. The molecule has 0 aliphatic heterocycles. The van der Waals surface area contributed by atoms with Crippen LogP contribution in [0.15, 0.2) is 46.5 Å². The van der Waals surface area contributed by atoms with Gasteiger partial charge in [0.15, 0.2) is 11.5 Å². The Morgan fingerprint density at radius 3 is 2.92 bits per heavy atom. The highest BCUT2D eigenvalue weighted by Crippen LogP contribution is 2.42. The maximum atomic E-state index is 13.0. The van der Waals surface area contributed by atoms with Gasteiger partial charge in [-0.3, -0.25) is 4.79 Å². The van der Waals surface area contributed by atoms with Crippen LogP contribution in [0.2, 0.25) is 0 Å². The highest BCUT2D eigenvalue weighted by molar-refractivity contribution is 7.98. The van der Waals surface area contributed by atoms with E-state index >= 15 is 0 Å². The first kappa shape index (κ1) is 15.1. The first-order chi connectivity index (χ1) is 11.8. The molecule has 1 fully saturated rings. The molecule has 0 spiro atoms. The summed E-state index contributed by atoms with van der Waals surface area (Å²) in [6.45, 7) is 0.500. The van der Waals surface area contributed by atoms with Crippen molar-refractivity contribution in [1.29, 1.82) is 0 Å². The van der Waals surface area contributed by atoms with Gasteiger partial charge in [0.05, 0.1) is 18.3 Å². The fourth-order valence-corrected chi connectivity index (χ4v) is 3.04. The fourth-order valence-electron chi connectivity index (χ4n) is 2.71. The molecule has 6 nitrogen and oxygen atoms in total. The van der Waals surface area contributed by atoms with E-state index in [2.05, 4.69) is 15.2 Å². The summed E-state index contributed by atoms with van der Waals surface area (Å²) >= 11 is 1.49. The SMILES string of the molecule is CSc1ncn(Cc2ccccc2C(=O)c2cnoc2C2CC2)n1. The zero-order valence-electron chi connectivity index (χ0n) is 13.2. The van der Waals surface area contributed by atoms with Gasteiger partial charge in [0.1, 0.15) is 6.33 Å². The molecule has 1 aliphatic carbocycles. The highest BCUT2D eigenvalue weighted by Gasteiger charge is 2.33. The van der Waals surface area contributed by atoms with E-state index in [1.54, 1.807) is 11.0 Å². The van der Waals surface area contributed by atoms with Crippen LogP contribution in [0.4, 0.5) is 0 Å². The third-order valence-corrected chi connectivity index (χ3v) is 4.64. The van der Waals surface area contributed by atoms with Crippen LogP contribution in [0.5, 0.6) is 0 Å². The normalized spacial score (nSPS) is 14.0. The summed E-state index contributed by atoms with van der Waals surface area (Å²) in [5, 5.41) is 8.92. The Labute approximate surface area is 143 Å².